The second-order valence-corrected chi connectivity index (χ2v) is 6.99. The van der Waals surface area contributed by atoms with Crippen molar-refractivity contribution in [1.82, 2.24) is 19.4 Å². The molecule has 2 N–H and O–H groups in total. The molecule has 0 atom stereocenters. The molecule has 3 rings (SSSR count). The first kappa shape index (κ1) is 17.1. The molecule has 2 heterocycles. The molecule has 0 radical (unpaired) electrons. The van der Waals surface area contributed by atoms with Crippen molar-refractivity contribution in [2.45, 2.75) is 27.7 Å². The quantitative estimate of drug-likeness (QED) is 0.671. The van der Waals surface area contributed by atoms with Crippen LogP contribution in [0.15, 0.2) is 29.1 Å². The maximum absolute atomic E-state index is 12.9. The Bertz CT molecular complexity index is 947. The lowest BCUT2D eigenvalue weighted by atomic mass is 10.2. The molecule has 1 aromatic carbocycles. The van der Waals surface area contributed by atoms with Crippen LogP contribution in [-0.4, -0.2) is 32.4 Å². The third-order valence-electron chi connectivity index (χ3n) is 3.72. The zero-order chi connectivity index (χ0) is 18.0. The summed E-state index contributed by atoms with van der Waals surface area (Å²) >= 11 is 0. The van der Waals surface area contributed by atoms with Gasteiger partial charge in [0.05, 0.1) is 10.9 Å². The molecule has 0 aliphatic heterocycles. The lowest BCUT2D eigenvalue weighted by molar-refractivity contribution is 0.677. The minimum atomic E-state index is -0.165. The highest BCUT2D eigenvalue weighted by Gasteiger charge is 2.13. The van der Waals surface area contributed by atoms with E-state index in [-0.39, 0.29) is 5.56 Å². The molecule has 2 aromatic heterocycles. The van der Waals surface area contributed by atoms with Gasteiger partial charge in [-0.3, -0.25) is 4.79 Å². The van der Waals surface area contributed by atoms with E-state index in [1.54, 1.807) is 6.07 Å². The maximum atomic E-state index is 12.9. The Hall–Kier alpha value is -2.70. The number of hydrogen-bond donors (Lipinski definition) is 2. The third kappa shape index (κ3) is 3.70. The minimum absolute atomic E-state index is 0.165. The Morgan fingerprint density at radius 3 is 2.36 bits per heavy atom. The van der Waals surface area contributed by atoms with Gasteiger partial charge >= 0.3 is 0 Å². The van der Waals surface area contributed by atoms with E-state index in [2.05, 4.69) is 53.3 Å². The number of rotatable bonds is 6. The summed E-state index contributed by atoms with van der Waals surface area (Å²) in [4.78, 5) is 26.4. The van der Waals surface area contributed by atoms with Gasteiger partial charge in [-0.05, 0) is 24.0 Å². The number of nitrogens with zero attached hydrogens (tertiary/aromatic N) is 4. The fourth-order valence-electron chi connectivity index (χ4n) is 2.45. The van der Waals surface area contributed by atoms with Crippen LogP contribution in [0.2, 0.25) is 0 Å². The van der Waals surface area contributed by atoms with Crippen molar-refractivity contribution >= 4 is 28.6 Å². The van der Waals surface area contributed by atoms with Gasteiger partial charge in [-0.25, -0.2) is 9.38 Å². The molecule has 7 heteroatoms. The van der Waals surface area contributed by atoms with Crippen LogP contribution in [0.5, 0.6) is 0 Å². The van der Waals surface area contributed by atoms with Gasteiger partial charge in [-0.15, -0.1) is 0 Å². The Kier molecular flexibility index (Phi) is 4.83. The fraction of sp³-hybridized carbons (Fsp3) is 0.444. The lowest BCUT2D eigenvalue weighted by Crippen LogP contribution is -2.24. The molecule has 7 nitrogen and oxygen atoms in total. The van der Waals surface area contributed by atoms with Crippen LogP contribution in [0.3, 0.4) is 0 Å². The number of nitrogens with one attached hydrogen (secondary N) is 2. The van der Waals surface area contributed by atoms with E-state index in [0.717, 1.165) is 6.54 Å². The first-order chi connectivity index (χ1) is 12.0. The first-order valence-corrected chi connectivity index (χ1v) is 8.63. The van der Waals surface area contributed by atoms with Crippen LogP contribution in [0, 0.1) is 11.8 Å². The van der Waals surface area contributed by atoms with Crippen LogP contribution in [0.25, 0.3) is 16.7 Å². The summed E-state index contributed by atoms with van der Waals surface area (Å²) in [5.74, 6) is 2.16. The van der Waals surface area contributed by atoms with Crippen molar-refractivity contribution in [2.24, 2.45) is 11.8 Å². The zero-order valence-electron chi connectivity index (χ0n) is 15.1. The molecule has 3 aromatic rings. The molecule has 0 fully saturated rings. The fourth-order valence-corrected chi connectivity index (χ4v) is 2.45. The van der Waals surface area contributed by atoms with Crippen molar-refractivity contribution in [3.05, 3.63) is 34.6 Å². The van der Waals surface area contributed by atoms with Crippen molar-refractivity contribution in [3.8, 4) is 0 Å². The summed E-state index contributed by atoms with van der Waals surface area (Å²) in [6.45, 7) is 9.88. The largest absolute Gasteiger partial charge is 0.355 e. The van der Waals surface area contributed by atoms with Gasteiger partial charge in [-0.1, -0.05) is 39.8 Å². The summed E-state index contributed by atoms with van der Waals surface area (Å²) in [6.07, 6.45) is 0. The number of para-hydroxylation sites is 1. The third-order valence-corrected chi connectivity index (χ3v) is 3.72. The maximum Gasteiger partial charge on any atom is 0.269 e. The van der Waals surface area contributed by atoms with Gasteiger partial charge in [0.1, 0.15) is 0 Å². The number of fused-ring (bicyclic) bond motifs is 2. The standard InChI is InChI=1S/C18H24N6O/c1-11(2)9-19-16-22-17(20-10-12(3)4)24-15(25)13-7-5-6-8-14(13)21-18(24)23-16/h5-8,11-12H,9-10H2,1-4H3,(H2,19,20,21,22,23). The van der Waals surface area contributed by atoms with Gasteiger partial charge in [0.25, 0.3) is 5.56 Å². The first-order valence-electron chi connectivity index (χ1n) is 8.63. The second-order valence-electron chi connectivity index (χ2n) is 6.99. The minimum Gasteiger partial charge on any atom is -0.355 e. The van der Waals surface area contributed by atoms with E-state index in [1.807, 2.05) is 18.2 Å². The summed E-state index contributed by atoms with van der Waals surface area (Å²) in [7, 11) is 0. The molecular weight excluding hydrogens is 316 g/mol. The molecule has 132 valence electrons. The zero-order valence-corrected chi connectivity index (χ0v) is 15.1. The smallest absolute Gasteiger partial charge is 0.269 e. The van der Waals surface area contributed by atoms with E-state index < -0.39 is 0 Å². The van der Waals surface area contributed by atoms with Crippen LogP contribution >= 0.6 is 0 Å². The SMILES string of the molecule is CC(C)CNc1nc(NCC(C)C)n2c(=O)c3ccccc3nc2n1. The van der Waals surface area contributed by atoms with E-state index in [4.69, 9.17) is 0 Å². The highest BCUT2D eigenvalue weighted by molar-refractivity contribution is 5.79. The van der Waals surface area contributed by atoms with Crippen LogP contribution in [0.1, 0.15) is 27.7 Å². The summed E-state index contributed by atoms with van der Waals surface area (Å²) in [6, 6.07) is 7.29. The number of aromatic nitrogens is 4. The molecule has 0 bridgehead atoms. The molecule has 0 amide bonds. The molecule has 25 heavy (non-hydrogen) atoms. The second kappa shape index (κ2) is 7.04. The number of hydrogen-bond acceptors (Lipinski definition) is 6. The van der Waals surface area contributed by atoms with Crippen molar-refractivity contribution in [1.29, 1.82) is 0 Å². The van der Waals surface area contributed by atoms with Crippen LogP contribution < -0.4 is 16.2 Å². The van der Waals surface area contributed by atoms with Gasteiger partial charge in [0.15, 0.2) is 0 Å². The predicted molar refractivity (Wildman–Crippen MR) is 101 cm³/mol. The Labute approximate surface area is 146 Å². The van der Waals surface area contributed by atoms with Gasteiger partial charge < -0.3 is 10.6 Å². The normalized spacial score (nSPS) is 11.6. The molecule has 0 saturated carbocycles. The van der Waals surface area contributed by atoms with Gasteiger partial charge in [0, 0.05) is 13.1 Å². The Morgan fingerprint density at radius 2 is 1.64 bits per heavy atom. The lowest BCUT2D eigenvalue weighted by Gasteiger charge is -2.14. The highest BCUT2D eigenvalue weighted by atomic mass is 16.1. The monoisotopic (exact) mass is 340 g/mol. The van der Waals surface area contributed by atoms with E-state index >= 15 is 0 Å². The van der Waals surface area contributed by atoms with Gasteiger partial charge in [-0.2, -0.15) is 9.97 Å². The van der Waals surface area contributed by atoms with E-state index in [0.29, 0.717) is 47.0 Å². The average Bonchev–Trinajstić information content (AvgIpc) is 2.57. The highest BCUT2D eigenvalue weighted by Crippen LogP contribution is 2.14. The molecule has 0 unspecified atom stereocenters. The van der Waals surface area contributed by atoms with E-state index in [9.17, 15) is 4.79 Å². The average molecular weight is 340 g/mol. The molecule has 0 aliphatic carbocycles. The molecule has 0 saturated heterocycles. The molecular formula is C18H24N6O. The molecule has 0 spiro atoms. The summed E-state index contributed by atoms with van der Waals surface area (Å²) < 4.78 is 1.45. The molecule has 0 aliphatic rings. The Balaban J connectivity index is 2.19. The van der Waals surface area contributed by atoms with Crippen LogP contribution in [0.4, 0.5) is 11.9 Å². The Morgan fingerprint density at radius 1 is 0.960 bits per heavy atom. The predicted octanol–water partition coefficient (Wildman–Crippen LogP) is 2.77. The van der Waals surface area contributed by atoms with Gasteiger partial charge in [0.2, 0.25) is 17.7 Å². The number of benzene rings is 1. The topological polar surface area (TPSA) is 84.2 Å². The number of anilines is 2. The summed E-state index contributed by atoms with van der Waals surface area (Å²) in [5, 5.41) is 7.02. The van der Waals surface area contributed by atoms with Crippen molar-refractivity contribution in [2.75, 3.05) is 23.7 Å². The van der Waals surface area contributed by atoms with Crippen LogP contribution in [-0.2, 0) is 0 Å². The van der Waals surface area contributed by atoms with E-state index in [1.165, 1.54) is 4.40 Å². The van der Waals surface area contributed by atoms with Crippen molar-refractivity contribution in [3.63, 3.8) is 0 Å². The summed E-state index contributed by atoms with van der Waals surface area (Å²) in [5.41, 5.74) is 0.470. The van der Waals surface area contributed by atoms with Crippen molar-refractivity contribution < 1.29 is 0 Å².